The lowest BCUT2D eigenvalue weighted by atomic mass is 10.0. The third kappa shape index (κ3) is 3.30. The third-order valence-electron chi connectivity index (χ3n) is 4.53. The second-order valence-electron chi connectivity index (χ2n) is 6.18. The zero-order valence-corrected chi connectivity index (χ0v) is 15.3. The van der Waals surface area contributed by atoms with Crippen molar-refractivity contribution in [1.29, 1.82) is 0 Å². The van der Waals surface area contributed by atoms with Crippen LogP contribution in [0.25, 0.3) is 11.1 Å². The van der Waals surface area contributed by atoms with Crippen molar-refractivity contribution < 1.29 is 4.79 Å². The molecular formula is C20H15Cl2N3O. The molecule has 1 aliphatic rings. The van der Waals surface area contributed by atoms with Crippen molar-refractivity contribution in [2.24, 2.45) is 0 Å². The molecule has 26 heavy (non-hydrogen) atoms. The van der Waals surface area contributed by atoms with Crippen molar-refractivity contribution in [3.05, 3.63) is 81.9 Å². The number of aromatic nitrogens is 2. The molecule has 4 nitrogen and oxygen atoms in total. The first-order valence-corrected chi connectivity index (χ1v) is 9.00. The molecule has 0 N–H and O–H groups in total. The monoisotopic (exact) mass is 383 g/mol. The molecule has 0 unspecified atom stereocenters. The Bertz CT molecular complexity index is 973. The van der Waals surface area contributed by atoms with Gasteiger partial charge in [-0.2, -0.15) is 0 Å². The fourth-order valence-corrected chi connectivity index (χ4v) is 3.40. The summed E-state index contributed by atoms with van der Waals surface area (Å²) in [5, 5.41) is 1.04. The van der Waals surface area contributed by atoms with Gasteiger partial charge in [0.05, 0.1) is 15.7 Å². The summed E-state index contributed by atoms with van der Waals surface area (Å²) in [6, 6.07) is 13.0. The van der Waals surface area contributed by atoms with E-state index in [2.05, 4.69) is 9.97 Å². The number of nitrogens with zero attached hydrogens (tertiary/aromatic N) is 3. The van der Waals surface area contributed by atoms with E-state index in [1.807, 2.05) is 41.3 Å². The van der Waals surface area contributed by atoms with Gasteiger partial charge >= 0.3 is 0 Å². The number of hydrogen-bond acceptors (Lipinski definition) is 3. The lowest BCUT2D eigenvalue weighted by Crippen LogP contribution is -2.36. The average molecular weight is 384 g/mol. The van der Waals surface area contributed by atoms with Crippen LogP contribution in [0, 0.1) is 0 Å². The number of benzene rings is 2. The van der Waals surface area contributed by atoms with Crippen LogP contribution in [-0.2, 0) is 13.0 Å². The zero-order valence-electron chi connectivity index (χ0n) is 13.8. The maximum Gasteiger partial charge on any atom is 0.254 e. The molecule has 0 fully saturated rings. The van der Waals surface area contributed by atoms with Crippen LogP contribution in [0.3, 0.4) is 0 Å². The molecule has 1 aromatic heterocycles. The van der Waals surface area contributed by atoms with Crippen molar-refractivity contribution in [2.45, 2.75) is 13.0 Å². The van der Waals surface area contributed by atoms with Gasteiger partial charge in [-0.25, -0.2) is 9.97 Å². The smallest absolute Gasteiger partial charge is 0.254 e. The van der Waals surface area contributed by atoms with Crippen molar-refractivity contribution in [1.82, 2.24) is 14.9 Å². The second-order valence-corrected chi connectivity index (χ2v) is 6.99. The first kappa shape index (κ1) is 17.0. The molecule has 0 atom stereocenters. The predicted octanol–water partition coefficient (Wildman–Crippen LogP) is 4.65. The number of fused-ring (bicyclic) bond motifs is 1. The average Bonchev–Trinajstić information content (AvgIpc) is 2.69. The fraction of sp³-hybridized carbons (Fsp3) is 0.150. The minimum absolute atomic E-state index is 0.0141. The summed E-state index contributed by atoms with van der Waals surface area (Å²) in [6.07, 6.45) is 4.10. The van der Waals surface area contributed by atoms with Gasteiger partial charge in [-0.3, -0.25) is 4.79 Å². The van der Waals surface area contributed by atoms with E-state index in [0.717, 1.165) is 28.8 Å². The van der Waals surface area contributed by atoms with Gasteiger partial charge in [-0.05, 0) is 35.4 Å². The van der Waals surface area contributed by atoms with E-state index in [-0.39, 0.29) is 5.91 Å². The highest BCUT2D eigenvalue weighted by Crippen LogP contribution is 2.29. The molecule has 0 saturated carbocycles. The molecular weight excluding hydrogens is 369 g/mol. The molecule has 130 valence electrons. The van der Waals surface area contributed by atoms with Crippen molar-refractivity contribution in [3.8, 4) is 11.1 Å². The van der Waals surface area contributed by atoms with E-state index in [4.69, 9.17) is 23.2 Å². The Kier molecular flexibility index (Phi) is 4.62. The molecule has 2 heterocycles. The van der Waals surface area contributed by atoms with E-state index < -0.39 is 0 Å². The van der Waals surface area contributed by atoms with Gasteiger partial charge in [0.1, 0.15) is 6.33 Å². The highest BCUT2D eigenvalue weighted by atomic mass is 35.5. The van der Waals surface area contributed by atoms with Crippen LogP contribution in [0.15, 0.2) is 55.0 Å². The molecule has 2 aromatic carbocycles. The number of carbonyl (C=O) groups excluding carboxylic acids is 1. The van der Waals surface area contributed by atoms with Crippen LogP contribution in [0.2, 0.25) is 10.0 Å². The molecule has 3 aromatic rings. The summed E-state index contributed by atoms with van der Waals surface area (Å²) in [4.78, 5) is 23.0. The first-order valence-electron chi connectivity index (χ1n) is 8.24. The Morgan fingerprint density at radius 3 is 2.54 bits per heavy atom. The van der Waals surface area contributed by atoms with Crippen LogP contribution in [0.4, 0.5) is 0 Å². The standard InChI is InChI=1S/C20H15Cl2N3O/c21-17-6-5-15(9-18(17)22)13-1-3-14(4-2-13)20(26)25-8-7-19-16(11-25)10-23-12-24-19/h1-6,9-10,12H,7-8,11H2. The van der Waals surface area contributed by atoms with E-state index in [1.54, 1.807) is 18.6 Å². The number of hydrogen-bond donors (Lipinski definition) is 0. The maximum absolute atomic E-state index is 12.8. The second kappa shape index (κ2) is 7.06. The molecule has 0 spiro atoms. The molecule has 0 aliphatic carbocycles. The van der Waals surface area contributed by atoms with E-state index >= 15 is 0 Å². The fourth-order valence-electron chi connectivity index (χ4n) is 3.10. The Hall–Kier alpha value is -2.43. The quantitative estimate of drug-likeness (QED) is 0.646. The van der Waals surface area contributed by atoms with Crippen LogP contribution in [0.1, 0.15) is 21.6 Å². The van der Waals surface area contributed by atoms with Crippen LogP contribution in [0.5, 0.6) is 0 Å². The third-order valence-corrected chi connectivity index (χ3v) is 5.27. The zero-order chi connectivity index (χ0) is 18.1. The van der Waals surface area contributed by atoms with E-state index in [1.165, 1.54) is 0 Å². The highest BCUT2D eigenvalue weighted by molar-refractivity contribution is 6.42. The Morgan fingerprint density at radius 2 is 1.77 bits per heavy atom. The van der Waals surface area contributed by atoms with Gasteiger partial charge in [0, 0.05) is 36.8 Å². The summed E-state index contributed by atoms with van der Waals surface area (Å²) in [6.45, 7) is 1.21. The molecule has 0 saturated heterocycles. The van der Waals surface area contributed by atoms with Crippen molar-refractivity contribution in [3.63, 3.8) is 0 Å². The minimum atomic E-state index is 0.0141. The summed E-state index contributed by atoms with van der Waals surface area (Å²) in [7, 11) is 0. The van der Waals surface area contributed by atoms with E-state index in [9.17, 15) is 4.79 Å². The maximum atomic E-state index is 12.8. The minimum Gasteiger partial charge on any atom is -0.334 e. The van der Waals surface area contributed by atoms with Crippen molar-refractivity contribution in [2.75, 3.05) is 6.54 Å². The van der Waals surface area contributed by atoms with Crippen LogP contribution >= 0.6 is 23.2 Å². The van der Waals surface area contributed by atoms with Gasteiger partial charge in [0.25, 0.3) is 5.91 Å². The van der Waals surface area contributed by atoms with Gasteiger partial charge < -0.3 is 4.90 Å². The van der Waals surface area contributed by atoms with Crippen LogP contribution < -0.4 is 0 Å². The number of carbonyl (C=O) groups is 1. The predicted molar refractivity (Wildman–Crippen MR) is 102 cm³/mol. The Balaban J connectivity index is 1.53. The molecule has 0 radical (unpaired) electrons. The van der Waals surface area contributed by atoms with Gasteiger partial charge in [0.2, 0.25) is 0 Å². The normalized spacial score (nSPS) is 13.4. The number of amides is 1. The molecule has 1 aliphatic heterocycles. The summed E-state index contributed by atoms with van der Waals surface area (Å²) < 4.78 is 0. The summed E-state index contributed by atoms with van der Waals surface area (Å²) in [5.74, 6) is 0.0141. The first-order chi connectivity index (χ1) is 12.6. The number of halogens is 2. The van der Waals surface area contributed by atoms with Gasteiger partial charge in [-0.1, -0.05) is 41.4 Å². The van der Waals surface area contributed by atoms with Gasteiger partial charge in [-0.15, -0.1) is 0 Å². The summed E-state index contributed by atoms with van der Waals surface area (Å²) in [5.41, 5.74) is 4.65. The summed E-state index contributed by atoms with van der Waals surface area (Å²) >= 11 is 12.1. The van der Waals surface area contributed by atoms with Gasteiger partial charge in [0.15, 0.2) is 0 Å². The topological polar surface area (TPSA) is 46.1 Å². The molecule has 0 bridgehead atoms. The highest BCUT2D eigenvalue weighted by Gasteiger charge is 2.22. The lowest BCUT2D eigenvalue weighted by Gasteiger charge is -2.28. The Morgan fingerprint density at radius 1 is 1.00 bits per heavy atom. The van der Waals surface area contributed by atoms with Crippen molar-refractivity contribution >= 4 is 29.1 Å². The largest absolute Gasteiger partial charge is 0.334 e. The molecule has 4 rings (SSSR count). The SMILES string of the molecule is O=C(c1ccc(-c2ccc(Cl)c(Cl)c2)cc1)N1CCc2ncncc2C1. The van der Waals surface area contributed by atoms with E-state index in [0.29, 0.717) is 28.7 Å². The Labute approximate surface area is 161 Å². The number of rotatable bonds is 2. The molecule has 1 amide bonds. The lowest BCUT2D eigenvalue weighted by molar-refractivity contribution is 0.0733. The van der Waals surface area contributed by atoms with Crippen LogP contribution in [-0.4, -0.2) is 27.3 Å². The molecule has 6 heteroatoms.